The lowest BCUT2D eigenvalue weighted by Crippen LogP contribution is -2.33. The van der Waals surface area contributed by atoms with Crippen LogP contribution in [-0.2, 0) is 9.53 Å². The van der Waals surface area contributed by atoms with Crippen molar-refractivity contribution in [2.75, 3.05) is 13.7 Å². The molecule has 1 N–H and O–H groups in total. The predicted octanol–water partition coefficient (Wildman–Crippen LogP) is 3.21. The Labute approximate surface area is 119 Å². The first-order valence-electron chi connectivity index (χ1n) is 7.24. The number of carbonyl (C=O) groups excluding carboxylic acids is 1. The first kappa shape index (κ1) is 15.0. The number of carbonyl (C=O) groups is 1. The Morgan fingerprint density at radius 3 is 2.60 bits per heavy atom. The zero-order valence-corrected chi connectivity index (χ0v) is 11.9. The summed E-state index contributed by atoms with van der Waals surface area (Å²) in [4.78, 5) is 11.9. The minimum Gasteiger partial charge on any atom is -0.384 e. The molecule has 0 bridgehead atoms. The molecule has 0 saturated heterocycles. The molecule has 0 aromatic heterocycles. The van der Waals surface area contributed by atoms with E-state index in [1.54, 1.807) is 19.2 Å². The zero-order valence-electron chi connectivity index (χ0n) is 11.9. The highest BCUT2D eigenvalue weighted by Gasteiger charge is 2.27. The van der Waals surface area contributed by atoms with E-state index in [9.17, 15) is 9.18 Å². The minimum atomic E-state index is -0.246. The fraction of sp³-hybridized carbons (Fsp3) is 0.562. The van der Waals surface area contributed by atoms with Gasteiger partial charge in [-0.2, -0.15) is 0 Å². The van der Waals surface area contributed by atoms with Crippen LogP contribution in [0.4, 0.5) is 4.39 Å². The fourth-order valence-corrected chi connectivity index (χ4v) is 2.87. The Balaban J connectivity index is 2.07. The van der Waals surface area contributed by atoms with Crippen molar-refractivity contribution < 1.29 is 13.9 Å². The Bertz CT molecular complexity index is 427. The number of hydrogen-bond donors (Lipinski definition) is 1. The number of nitrogens with one attached hydrogen (secondary N) is 1. The van der Waals surface area contributed by atoms with Crippen molar-refractivity contribution in [2.45, 2.75) is 38.1 Å². The Hall–Kier alpha value is -1.42. The Morgan fingerprint density at radius 2 is 2.00 bits per heavy atom. The van der Waals surface area contributed by atoms with E-state index < -0.39 is 0 Å². The van der Waals surface area contributed by atoms with Crippen LogP contribution in [-0.4, -0.2) is 19.6 Å². The van der Waals surface area contributed by atoms with Gasteiger partial charge in [0.2, 0.25) is 5.91 Å². The van der Waals surface area contributed by atoms with Crippen molar-refractivity contribution in [1.82, 2.24) is 5.32 Å². The van der Waals surface area contributed by atoms with Crippen molar-refractivity contribution in [3.05, 3.63) is 35.6 Å². The van der Waals surface area contributed by atoms with E-state index >= 15 is 0 Å². The van der Waals surface area contributed by atoms with E-state index in [2.05, 4.69) is 5.32 Å². The molecule has 0 spiro atoms. The van der Waals surface area contributed by atoms with Gasteiger partial charge in [0.25, 0.3) is 0 Å². The molecule has 2 rings (SSSR count). The summed E-state index contributed by atoms with van der Waals surface area (Å²) in [7, 11) is 1.59. The molecule has 1 saturated carbocycles. The van der Waals surface area contributed by atoms with Crippen LogP contribution in [0.3, 0.4) is 0 Å². The van der Waals surface area contributed by atoms with E-state index in [1.165, 1.54) is 25.0 Å². The number of methoxy groups -OCH3 is 1. The number of amides is 1. The van der Waals surface area contributed by atoms with Gasteiger partial charge in [0.1, 0.15) is 5.82 Å². The van der Waals surface area contributed by atoms with Crippen LogP contribution in [0.25, 0.3) is 0 Å². The van der Waals surface area contributed by atoms with Gasteiger partial charge >= 0.3 is 0 Å². The first-order chi connectivity index (χ1) is 9.70. The van der Waals surface area contributed by atoms with Crippen LogP contribution in [0.5, 0.6) is 0 Å². The van der Waals surface area contributed by atoms with Gasteiger partial charge in [-0.1, -0.05) is 25.0 Å². The van der Waals surface area contributed by atoms with Crippen molar-refractivity contribution in [2.24, 2.45) is 5.92 Å². The summed E-state index contributed by atoms with van der Waals surface area (Å²) >= 11 is 0. The molecule has 1 unspecified atom stereocenters. The molecule has 110 valence electrons. The summed E-state index contributed by atoms with van der Waals surface area (Å²) in [5, 5.41) is 3.09. The highest BCUT2D eigenvalue weighted by molar-refractivity contribution is 5.76. The summed E-state index contributed by atoms with van der Waals surface area (Å²) in [5.74, 6) is 0.199. The van der Waals surface area contributed by atoms with E-state index in [1.807, 2.05) is 0 Å². The third-order valence-corrected chi connectivity index (χ3v) is 3.95. The number of benzene rings is 1. The minimum absolute atomic E-state index is 0.00641. The average molecular weight is 279 g/mol. The van der Waals surface area contributed by atoms with Crippen LogP contribution in [0.1, 0.15) is 43.7 Å². The molecule has 3 nitrogen and oxygen atoms in total. The molecule has 4 heteroatoms. The number of rotatable bonds is 6. The molecule has 1 aliphatic carbocycles. The van der Waals surface area contributed by atoms with Gasteiger partial charge in [-0.15, -0.1) is 0 Å². The molecule has 0 aliphatic heterocycles. The number of hydrogen-bond acceptors (Lipinski definition) is 2. The molecular formula is C16H22FNO2. The third kappa shape index (κ3) is 4.04. The van der Waals surface area contributed by atoms with Gasteiger partial charge in [-0.25, -0.2) is 4.39 Å². The highest BCUT2D eigenvalue weighted by Crippen LogP contribution is 2.35. The molecule has 1 fully saturated rings. The second-order valence-corrected chi connectivity index (χ2v) is 5.38. The van der Waals surface area contributed by atoms with Gasteiger partial charge in [-0.3, -0.25) is 4.79 Å². The predicted molar refractivity (Wildman–Crippen MR) is 75.7 cm³/mol. The molecule has 0 radical (unpaired) electrons. The average Bonchev–Trinajstić information content (AvgIpc) is 2.97. The fourth-order valence-electron chi connectivity index (χ4n) is 2.87. The van der Waals surface area contributed by atoms with Gasteiger partial charge in [0.05, 0.1) is 12.6 Å². The van der Waals surface area contributed by atoms with Gasteiger partial charge < -0.3 is 10.1 Å². The summed E-state index contributed by atoms with van der Waals surface area (Å²) in [6.45, 7) is 0.423. The smallest absolute Gasteiger partial charge is 0.222 e. The molecule has 1 amide bonds. The normalized spacial score (nSPS) is 17.1. The monoisotopic (exact) mass is 279 g/mol. The van der Waals surface area contributed by atoms with Crippen molar-refractivity contribution in [3.63, 3.8) is 0 Å². The molecule has 1 aliphatic rings. The largest absolute Gasteiger partial charge is 0.384 e. The maximum atomic E-state index is 13.1. The number of halogens is 1. The first-order valence-corrected chi connectivity index (χ1v) is 7.24. The maximum absolute atomic E-state index is 13.1. The maximum Gasteiger partial charge on any atom is 0.222 e. The lowest BCUT2D eigenvalue weighted by atomic mass is 9.91. The standard InChI is InChI=1S/C16H22FNO2/c1-20-11-10-15(19)18-16(12-4-2-3-5-12)13-6-8-14(17)9-7-13/h6-9,12,16H,2-5,10-11H2,1H3,(H,18,19). The SMILES string of the molecule is COCCC(=O)NC(c1ccc(F)cc1)C1CCCC1. The van der Waals surface area contributed by atoms with Crippen molar-refractivity contribution in [3.8, 4) is 0 Å². The van der Waals surface area contributed by atoms with Crippen molar-refractivity contribution >= 4 is 5.91 Å². The second-order valence-electron chi connectivity index (χ2n) is 5.38. The van der Waals surface area contributed by atoms with Crippen LogP contribution in [0.15, 0.2) is 24.3 Å². The molecule has 1 aromatic carbocycles. The van der Waals surface area contributed by atoms with E-state index in [4.69, 9.17) is 4.74 Å². The van der Waals surface area contributed by atoms with Crippen LogP contribution < -0.4 is 5.32 Å². The molecule has 20 heavy (non-hydrogen) atoms. The summed E-state index contributed by atoms with van der Waals surface area (Å²) in [6, 6.07) is 6.45. The Kier molecular flexibility index (Phi) is 5.53. The lowest BCUT2D eigenvalue weighted by Gasteiger charge is -2.25. The van der Waals surface area contributed by atoms with Gasteiger partial charge in [0, 0.05) is 13.5 Å². The van der Waals surface area contributed by atoms with Crippen LogP contribution in [0.2, 0.25) is 0 Å². The lowest BCUT2D eigenvalue weighted by molar-refractivity contribution is -0.123. The Morgan fingerprint density at radius 1 is 1.35 bits per heavy atom. The topological polar surface area (TPSA) is 38.3 Å². The van der Waals surface area contributed by atoms with Gasteiger partial charge in [0.15, 0.2) is 0 Å². The molecule has 1 atom stereocenters. The van der Waals surface area contributed by atoms with E-state index in [0.29, 0.717) is 18.9 Å². The van der Waals surface area contributed by atoms with Gasteiger partial charge in [-0.05, 0) is 36.5 Å². The van der Waals surface area contributed by atoms with E-state index in [-0.39, 0.29) is 17.8 Å². The van der Waals surface area contributed by atoms with Crippen molar-refractivity contribution in [1.29, 1.82) is 0 Å². The molecular weight excluding hydrogens is 257 g/mol. The van der Waals surface area contributed by atoms with E-state index in [0.717, 1.165) is 18.4 Å². The quantitative estimate of drug-likeness (QED) is 0.868. The summed E-state index contributed by atoms with van der Waals surface area (Å²) in [5.41, 5.74) is 0.990. The highest BCUT2D eigenvalue weighted by atomic mass is 19.1. The van der Waals surface area contributed by atoms with Crippen LogP contribution in [0, 0.1) is 11.7 Å². The molecule has 0 heterocycles. The number of ether oxygens (including phenoxy) is 1. The molecule has 1 aromatic rings. The zero-order chi connectivity index (χ0) is 14.4. The summed E-state index contributed by atoms with van der Waals surface area (Å²) in [6.07, 6.45) is 5.01. The summed E-state index contributed by atoms with van der Waals surface area (Å²) < 4.78 is 18.0. The second kappa shape index (κ2) is 7.39. The van der Waals surface area contributed by atoms with Crippen LogP contribution >= 0.6 is 0 Å². The third-order valence-electron chi connectivity index (χ3n) is 3.95.